The quantitative estimate of drug-likeness (QED) is 0.728. The van der Waals surface area contributed by atoms with Crippen LogP contribution in [-0.4, -0.2) is 0 Å². The molecule has 1 heteroatoms. The molecule has 0 heterocycles. The van der Waals surface area contributed by atoms with Gasteiger partial charge in [-0.05, 0) is 42.3 Å². The normalized spacial score (nSPS) is 9.81. The van der Waals surface area contributed by atoms with Crippen LogP contribution in [0.2, 0.25) is 0 Å². The molecule has 0 N–H and O–H groups in total. The summed E-state index contributed by atoms with van der Waals surface area (Å²) in [7, 11) is 0. The van der Waals surface area contributed by atoms with Crippen molar-refractivity contribution in [2.24, 2.45) is 0 Å². The molecule has 1 nitrogen and oxygen atoms in total. The van der Waals surface area contributed by atoms with Gasteiger partial charge in [0.25, 0.3) is 0 Å². The van der Waals surface area contributed by atoms with Gasteiger partial charge in [0.1, 0.15) is 11.5 Å². The lowest BCUT2D eigenvalue weighted by Crippen LogP contribution is -1.87. The van der Waals surface area contributed by atoms with Crippen LogP contribution >= 0.6 is 0 Å². The standard InChI is InChI=1S/C15H14O/c1-3-13-9-10-15(12(2)11-13)16-14-7-5-4-6-8-14/h3-11H,1H2,2H3. The largest absolute Gasteiger partial charge is 0.457 e. The molecule has 0 aromatic heterocycles. The van der Waals surface area contributed by atoms with Gasteiger partial charge >= 0.3 is 0 Å². The topological polar surface area (TPSA) is 9.23 Å². The molecule has 0 fully saturated rings. The highest BCUT2D eigenvalue weighted by Gasteiger charge is 2.00. The highest BCUT2D eigenvalue weighted by Crippen LogP contribution is 2.25. The molecule has 0 aliphatic carbocycles. The average molecular weight is 210 g/mol. The minimum Gasteiger partial charge on any atom is -0.457 e. The summed E-state index contributed by atoms with van der Waals surface area (Å²) in [6.45, 7) is 5.78. The monoisotopic (exact) mass is 210 g/mol. The van der Waals surface area contributed by atoms with E-state index in [0.717, 1.165) is 22.6 Å². The fourth-order valence-electron chi connectivity index (χ4n) is 1.53. The van der Waals surface area contributed by atoms with Gasteiger partial charge in [0, 0.05) is 0 Å². The van der Waals surface area contributed by atoms with Gasteiger partial charge in [-0.1, -0.05) is 36.9 Å². The summed E-state index contributed by atoms with van der Waals surface area (Å²) in [6, 6.07) is 15.8. The van der Waals surface area contributed by atoms with E-state index >= 15 is 0 Å². The van der Waals surface area contributed by atoms with Crippen molar-refractivity contribution in [2.75, 3.05) is 0 Å². The zero-order valence-corrected chi connectivity index (χ0v) is 9.31. The lowest BCUT2D eigenvalue weighted by molar-refractivity contribution is 0.479. The molecular weight excluding hydrogens is 196 g/mol. The summed E-state index contributed by atoms with van der Waals surface area (Å²) in [5.74, 6) is 1.74. The van der Waals surface area contributed by atoms with Crippen molar-refractivity contribution in [3.63, 3.8) is 0 Å². The van der Waals surface area contributed by atoms with Crippen molar-refractivity contribution < 1.29 is 4.74 Å². The van der Waals surface area contributed by atoms with Gasteiger partial charge in [-0.3, -0.25) is 0 Å². The zero-order chi connectivity index (χ0) is 11.4. The van der Waals surface area contributed by atoms with Crippen LogP contribution in [0.4, 0.5) is 0 Å². The maximum absolute atomic E-state index is 5.77. The zero-order valence-electron chi connectivity index (χ0n) is 9.31. The van der Waals surface area contributed by atoms with Gasteiger partial charge in [-0.2, -0.15) is 0 Å². The van der Waals surface area contributed by atoms with Crippen LogP contribution < -0.4 is 4.74 Å². The van der Waals surface area contributed by atoms with Crippen LogP contribution in [0.25, 0.3) is 6.08 Å². The molecule has 16 heavy (non-hydrogen) atoms. The van der Waals surface area contributed by atoms with Gasteiger partial charge in [0.15, 0.2) is 0 Å². The number of rotatable bonds is 3. The Morgan fingerprint density at radius 3 is 2.44 bits per heavy atom. The minimum absolute atomic E-state index is 0.858. The van der Waals surface area contributed by atoms with Crippen molar-refractivity contribution >= 4 is 6.08 Å². The third-order valence-electron chi connectivity index (χ3n) is 2.41. The average Bonchev–Trinajstić information content (AvgIpc) is 2.33. The Morgan fingerprint density at radius 2 is 1.81 bits per heavy atom. The van der Waals surface area contributed by atoms with Crippen molar-refractivity contribution in [1.29, 1.82) is 0 Å². The van der Waals surface area contributed by atoms with E-state index in [0.29, 0.717) is 0 Å². The van der Waals surface area contributed by atoms with E-state index in [1.807, 2.05) is 55.5 Å². The maximum Gasteiger partial charge on any atom is 0.130 e. The lowest BCUT2D eigenvalue weighted by Gasteiger charge is -2.08. The number of aryl methyl sites for hydroxylation is 1. The molecule has 0 atom stereocenters. The Bertz CT molecular complexity index is 486. The first-order valence-electron chi connectivity index (χ1n) is 5.25. The second-order valence-electron chi connectivity index (χ2n) is 3.64. The summed E-state index contributed by atoms with van der Waals surface area (Å²) >= 11 is 0. The smallest absolute Gasteiger partial charge is 0.130 e. The Morgan fingerprint density at radius 1 is 1.06 bits per heavy atom. The first kappa shape index (κ1) is 10.5. The van der Waals surface area contributed by atoms with Crippen molar-refractivity contribution in [2.45, 2.75) is 6.92 Å². The molecule has 0 radical (unpaired) electrons. The van der Waals surface area contributed by atoms with Gasteiger partial charge in [0.2, 0.25) is 0 Å². The number of para-hydroxylation sites is 1. The van der Waals surface area contributed by atoms with Gasteiger partial charge in [0.05, 0.1) is 0 Å². The number of benzene rings is 2. The Kier molecular flexibility index (Phi) is 3.06. The van der Waals surface area contributed by atoms with E-state index in [1.165, 1.54) is 0 Å². The van der Waals surface area contributed by atoms with E-state index < -0.39 is 0 Å². The Hall–Kier alpha value is -2.02. The molecule has 2 aromatic carbocycles. The van der Waals surface area contributed by atoms with Crippen LogP contribution in [0.3, 0.4) is 0 Å². The van der Waals surface area contributed by atoms with E-state index in [4.69, 9.17) is 4.74 Å². The SMILES string of the molecule is C=Cc1ccc(Oc2ccccc2)c(C)c1. The fourth-order valence-corrected chi connectivity index (χ4v) is 1.53. The molecule has 0 bridgehead atoms. The van der Waals surface area contributed by atoms with Crippen molar-refractivity contribution in [3.8, 4) is 11.5 Å². The molecule has 0 aliphatic heterocycles. The molecule has 80 valence electrons. The second kappa shape index (κ2) is 4.67. The maximum atomic E-state index is 5.77. The summed E-state index contributed by atoms with van der Waals surface area (Å²) in [5, 5.41) is 0. The van der Waals surface area contributed by atoms with Gasteiger partial charge in [-0.25, -0.2) is 0 Å². The van der Waals surface area contributed by atoms with E-state index in [9.17, 15) is 0 Å². The molecule has 0 saturated heterocycles. The van der Waals surface area contributed by atoms with E-state index in [1.54, 1.807) is 0 Å². The second-order valence-corrected chi connectivity index (χ2v) is 3.64. The first-order chi connectivity index (χ1) is 7.79. The van der Waals surface area contributed by atoms with Crippen LogP contribution in [-0.2, 0) is 0 Å². The van der Waals surface area contributed by atoms with Crippen LogP contribution in [0, 0.1) is 6.92 Å². The molecule has 0 unspecified atom stereocenters. The van der Waals surface area contributed by atoms with Crippen LogP contribution in [0.5, 0.6) is 11.5 Å². The predicted molar refractivity (Wildman–Crippen MR) is 67.8 cm³/mol. The highest BCUT2D eigenvalue weighted by atomic mass is 16.5. The third kappa shape index (κ3) is 2.31. The van der Waals surface area contributed by atoms with Crippen LogP contribution in [0.1, 0.15) is 11.1 Å². The molecule has 2 aromatic rings. The summed E-state index contributed by atoms with van der Waals surface area (Å²) < 4.78 is 5.77. The Balaban J connectivity index is 2.25. The first-order valence-corrected chi connectivity index (χ1v) is 5.25. The fraction of sp³-hybridized carbons (Fsp3) is 0.0667. The van der Waals surface area contributed by atoms with Crippen LogP contribution in [0.15, 0.2) is 55.1 Å². The van der Waals surface area contributed by atoms with Crippen molar-refractivity contribution in [3.05, 3.63) is 66.2 Å². The summed E-state index contributed by atoms with van der Waals surface area (Å²) in [5.41, 5.74) is 2.22. The Labute approximate surface area is 96.0 Å². The highest BCUT2D eigenvalue weighted by molar-refractivity contribution is 5.52. The molecule has 0 saturated carbocycles. The summed E-state index contributed by atoms with van der Waals surface area (Å²) in [6.07, 6.45) is 1.83. The van der Waals surface area contributed by atoms with Gasteiger partial charge < -0.3 is 4.74 Å². The predicted octanol–water partition coefficient (Wildman–Crippen LogP) is 4.43. The van der Waals surface area contributed by atoms with Crippen molar-refractivity contribution in [1.82, 2.24) is 0 Å². The molecule has 2 rings (SSSR count). The molecule has 0 amide bonds. The molecule has 0 spiro atoms. The van der Waals surface area contributed by atoms with E-state index in [-0.39, 0.29) is 0 Å². The number of hydrogen-bond acceptors (Lipinski definition) is 1. The summed E-state index contributed by atoms with van der Waals surface area (Å²) in [4.78, 5) is 0. The molecule has 0 aliphatic rings. The number of ether oxygens (including phenoxy) is 1. The minimum atomic E-state index is 0.858. The van der Waals surface area contributed by atoms with Gasteiger partial charge in [-0.15, -0.1) is 0 Å². The lowest BCUT2D eigenvalue weighted by atomic mass is 10.1. The third-order valence-corrected chi connectivity index (χ3v) is 2.41. The number of hydrogen-bond donors (Lipinski definition) is 0. The molecular formula is C15H14O. The van der Waals surface area contributed by atoms with E-state index in [2.05, 4.69) is 12.6 Å².